The Morgan fingerprint density at radius 2 is 1.94 bits per heavy atom. The van der Waals surface area contributed by atoms with E-state index in [1.54, 1.807) is 0 Å². The Balaban J connectivity index is 1.89. The zero-order valence-electron chi connectivity index (χ0n) is 11.3. The molecule has 2 saturated heterocycles. The number of nitrogens with zero attached hydrogens (tertiary/aromatic N) is 3. The van der Waals surface area contributed by atoms with E-state index in [1.165, 1.54) is 63.1 Å². The molecule has 0 amide bonds. The van der Waals surface area contributed by atoms with Gasteiger partial charge in [-0.25, -0.2) is 4.98 Å². The average Bonchev–Trinajstić information content (AvgIpc) is 2.86. The normalized spacial score (nSPS) is 25.6. The molecule has 0 aliphatic carbocycles. The lowest BCUT2D eigenvalue weighted by Gasteiger charge is -2.31. The molecule has 1 aromatic rings. The summed E-state index contributed by atoms with van der Waals surface area (Å²) >= 11 is 0. The Hall–Kier alpha value is -1.09. The van der Waals surface area contributed by atoms with Crippen molar-refractivity contribution in [2.75, 3.05) is 31.6 Å². The highest BCUT2D eigenvalue weighted by Gasteiger charge is 2.27. The van der Waals surface area contributed by atoms with E-state index >= 15 is 0 Å². The second-order valence-corrected chi connectivity index (χ2v) is 5.60. The molecular weight excluding hydrogens is 222 g/mol. The summed E-state index contributed by atoms with van der Waals surface area (Å²) in [6.07, 6.45) is 8.55. The van der Waals surface area contributed by atoms with Gasteiger partial charge in [0, 0.05) is 30.9 Å². The van der Waals surface area contributed by atoms with E-state index in [-0.39, 0.29) is 0 Å². The van der Waals surface area contributed by atoms with Crippen molar-refractivity contribution < 1.29 is 0 Å². The zero-order valence-corrected chi connectivity index (χ0v) is 11.3. The molecule has 0 radical (unpaired) electrons. The van der Waals surface area contributed by atoms with Crippen molar-refractivity contribution in [3.8, 4) is 0 Å². The quantitative estimate of drug-likeness (QED) is 0.798. The zero-order chi connectivity index (χ0) is 12.4. The summed E-state index contributed by atoms with van der Waals surface area (Å²) in [6, 6.07) is 4.95. The summed E-state index contributed by atoms with van der Waals surface area (Å²) in [7, 11) is 2.24. The van der Waals surface area contributed by atoms with Crippen molar-refractivity contribution in [2.45, 2.75) is 38.1 Å². The van der Waals surface area contributed by atoms with Crippen molar-refractivity contribution in [3.05, 3.63) is 23.9 Å². The van der Waals surface area contributed by atoms with Gasteiger partial charge in [-0.3, -0.25) is 4.90 Å². The van der Waals surface area contributed by atoms with Crippen LogP contribution < -0.4 is 4.90 Å². The number of anilines is 1. The third kappa shape index (κ3) is 2.24. The van der Waals surface area contributed by atoms with Crippen molar-refractivity contribution in [1.82, 2.24) is 9.88 Å². The Morgan fingerprint density at radius 3 is 2.67 bits per heavy atom. The first kappa shape index (κ1) is 12.0. The second-order valence-electron chi connectivity index (χ2n) is 5.60. The van der Waals surface area contributed by atoms with Crippen LogP contribution in [-0.4, -0.2) is 36.6 Å². The third-order valence-electron chi connectivity index (χ3n) is 4.35. The summed E-state index contributed by atoms with van der Waals surface area (Å²) in [4.78, 5) is 9.65. The van der Waals surface area contributed by atoms with Crippen LogP contribution in [0, 0.1) is 0 Å². The predicted molar refractivity (Wildman–Crippen MR) is 74.9 cm³/mol. The lowest BCUT2D eigenvalue weighted by molar-refractivity contribution is 0.317. The molecule has 98 valence electrons. The molecule has 3 rings (SSSR count). The Morgan fingerprint density at radius 1 is 1.11 bits per heavy atom. The van der Waals surface area contributed by atoms with Gasteiger partial charge in [0.1, 0.15) is 5.82 Å². The summed E-state index contributed by atoms with van der Waals surface area (Å²) in [6.45, 7) is 3.58. The topological polar surface area (TPSA) is 19.4 Å². The van der Waals surface area contributed by atoms with Crippen molar-refractivity contribution in [1.29, 1.82) is 0 Å². The van der Waals surface area contributed by atoms with Gasteiger partial charge in [-0.2, -0.15) is 0 Å². The largest absolute Gasteiger partial charge is 0.356 e. The Kier molecular flexibility index (Phi) is 3.50. The first-order chi connectivity index (χ1) is 8.86. The lowest BCUT2D eigenvalue weighted by Crippen LogP contribution is -2.32. The van der Waals surface area contributed by atoms with Gasteiger partial charge in [0.2, 0.25) is 0 Å². The molecule has 1 atom stereocenters. The number of aromatic nitrogens is 1. The molecule has 18 heavy (non-hydrogen) atoms. The van der Waals surface area contributed by atoms with Gasteiger partial charge in [0.25, 0.3) is 0 Å². The van der Waals surface area contributed by atoms with E-state index in [0.29, 0.717) is 6.04 Å². The maximum atomic E-state index is 4.68. The van der Waals surface area contributed by atoms with Gasteiger partial charge in [0.05, 0.1) is 0 Å². The van der Waals surface area contributed by atoms with Gasteiger partial charge < -0.3 is 4.90 Å². The highest BCUT2D eigenvalue weighted by atomic mass is 15.2. The molecule has 0 bridgehead atoms. The van der Waals surface area contributed by atoms with E-state index < -0.39 is 0 Å². The van der Waals surface area contributed by atoms with Gasteiger partial charge in [-0.15, -0.1) is 0 Å². The molecule has 2 fully saturated rings. The van der Waals surface area contributed by atoms with Crippen LogP contribution in [0.1, 0.15) is 43.7 Å². The number of hydrogen-bond acceptors (Lipinski definition) is 3. The molecule has 2 aliphatic rings. The van der Waals surface area contributed by atoms with E-state index in [9.17, 15) is 0 Å². The summed E-state index contributed by atoms with van der Waals surface area (Å²) in [5.74, 6) is 1.25. The fraction of sp³-hybridized carbons (Fsp3) is 0.667. The SMILES string of the molecule is CN1CCCC1c1cccnc1N1CCCCC1. The van der Waals surface area contributed by atoms with Gasteiger partial charge in [-0.05, 0) is 51.8 Å². The maximum absolute atomic E-state index is 4.68. The lowest BCUT2D eigenvalue weighted by atomic mass is 10.0. The molecular formula is C15H23N3. The predicted octanol–water partition coefficient (Wildman–Crippen LogP) is 2.84. The van der Waals surface area contributed by atoms with Crippen LogP contribution in [0.2, 0.25) is 0 Å². The molecule has 0 spiro atoms. The minimum absolute atomic E-state index is 0.579. The van der Waals surface area contributed by atoms with E-state index in [2.05, 4.69) is 34.0 Å². The van der Waals surface area contributed by atoms with Crippen molar-refractivity contribution in [2.24, 2.45) is 0 Å². The molecule has 3 heterocycles. The first-order valence-electron chi connectivity index (χ1n) is 7.26. The minimum Gasteiger partial charge on any atom is -0.356 e. The number of rotatable bonds is 2. The molecule has 0 saturated carbocycles. The molecule has 0 N–H and O–H groups in total. The van der Waals surface area contributed by atoms with Gasteiger partial charge >= 0.3 is 0 Å². The average molecular weight is 245 g/mol. The fourth-order valence-electron chi connectivity index (χ4n) is 3.34. The van der Waals surface area contributed by atoms with E-state index in [0.717, 1.165) is 0 Å². The summed E-state index contributed by atoms with van der Waals surface area (Å²) in [5.41, 5.74) is 1.44. The first-order valence-corrected chi connectivity index (χ1v) is 7.26. The minimum atomic E-state index is 0.579. The van der Waals surface area contributed by atoms with Gasteiger partial charge in [0.15, 0.2) is 0 Å². The molecule has 2 aliphatic heterocycles. The Labute approximate surface area is 110 Å². The number of hydrogen-bond donors (Lipinski definition) is 0. The number of pyridine rings is 1. The van der Waals surface area contributed by atoms with Crippen molar-refractivity contribution in [3.63, 3.8) is 0 Å². The fourth-order valence-corrected chi connectivity index (χ4v) is 3.34. The van der Waals surface area contributed by atoms with E-state index in [4.69, 9.17) is 0 Å². The van der Waals surface area contributed by atoms with Crippen LogP contribution in [0.25, 0.3) is 0 Å². The summed E-state index contributed by atoms with van der Waals surface area (Å²) < 4.78 is 0. The molecule has 1 unspecified atom stereocenters. The van der Waals surface area contributed by atoms with Crippen LogP contribution in [0.3, 0.4) is 0 Å². The second kappa shape index (κ2) is 5.27. The van der Waals surface area contributed by atoms with Gasteiger partial charge in [-0.1, -0.05) is 6.07 Å². The van der Waals surface area contributed by atoms with E-state index in [1.807, 2.05) is 6.20 Å². The standard InChI is InChI=1S/C15H23N3/c1-17-10-6-8-14(17)13-7-5-9-16-15(13)18-11-3-2-4-12-18/h5,7,9,14H,2-4,6,8,10-12H2,1H3. The monoisotopic (exact) mass is 245 g/mol. The molecule has 3 nitrogen and oxygen atoms in total. The maximum Gasteiger partial charge on any atom is 0.133 e. The van der Waals surface area contributed by atoms with Crippen LogP contribution in [0.5, 0.6) is 0 Å². The Bertz CT molecular complexity index is 398. The molecule has 3 heteroatoms. The van der Waals surface area contributed by atoms with Crippen LogP contribution >= 0.6 is 0 Å². The smallest absolute Gasteiger partial charge is 0.133 e. The van der Waals surface area contributed by atoms with Crippen molar-refractivity contribution >= 4 is 5.82 Å². The number of piperidine rings is 1. The van der Waals surface area contributed by atoms with Crippen LogP contribution in [0.15, 0.2) is 18.3 Å². The summed E-state index contributed by atoms with van der Waals surface area (Å²) in [5, 5.41) is 0. The highest BCUT2D eigenvalue weighted by Crippen LogP contribution is 2.35. The molecule has 0 aromatic carbocycles. The molecule has 1 aromatic heterocycles. The van der Waals surface area contributed by atoms with Crippen LogP contribution in [0.4, 0.5) is 5.82 Å². The highest BCUT2D eigenvalue weighted by molar-refractivity contribution is 5.49. The van der Waals surface area contributed by atoms with Crippen LogP contribution in [-0.2, 0) is 0 Å². The third-order valence-corrected chi connectivity index (χ3v) is 4.35. The number of likely N-dealkylation sites (tertiary alicyclic amines) is 1.